The Balaban J connectivity index is 1.72. The molecule has 2 rings (SSSR count). The smallest absolute Gasteiger partial charge is 0.223 e. The van der Waals surface area contributed by atoms with Gasteiger partial charge in [0.2, 0.25) is 17.7 Å². The zero-order valence-corrected chi connectivity index (χ0v) is 48.4. The summed E-state index contributed by atoms with van der Waals surface area (Å²) in [5, 5.41) is 9.07. The van der Waals surface area contributed by atoms with Crippen LogP contribution in [0.1, 0.15) is 230 Å². The normalized spacial score (nSPS) is 17.8. The van der Waals surface area contributed by atoms with Crippen LogP contribution in [0.15, 0.2) is 22.3 Å². The minimum absolute atomic E-state index is 0.0177. The zero-order chi connectivity index (χ0) is 53.2. The van der Waals surface area contributed by atoms with E-state index in [0.717, 1.165) is 44.9 Å². The Labute approximate surface area is 441 Å². The summed E-state index contributed by atoms with van der Waals surface area (Å²) < 4.78 is 21.8. The van der Waals surface area contributed by atoms with E-state index < -0.39 is 0 Å². The first-order valence-corrected chi connectivity index (χ1v) is 29.3. The highest BCUT2D eigenvalue weighted by molar-refractivity contribution is 5.86. The molecule has 0 bridgehead atoms. The molecule has 0 spiro atoms. The van der Waals surface area contributed by atoms with Crippen molar-refractivity contribution in [2.45, 2.75) is 230 Å². The number of rotatable bonds is 43. The van der Waals surface area contributed by atoms with Gasteiger partial charge in [0.1, 0.15) is 5.78 Å². The van der Waals surface area contributed by atoms with E-state index in [2.05, 4.69) is 85.2 Å². The van der Waals surface area contributed by atoms with Gasteiger partial charge in [0.25, 0.3) is 0 Å². The molecule has 418 valence electrons. The average Bonchev–Trinajstić information content (AvgIpc) is 3.30. The van der Waals surface area contributed by atoms with Gasteiger partial charge in [-0.15, -0.1) is 0 Å². The van der Waals surface area contributed by atoms with Gasteiger partial charge in [0, 0.05) is 71.6 Å². The summed E-state index contributed by atoms with van der Waals surface area (Å²) in [4.78, 5) is 51.6. The summed E-state index contributed by atoms with van der Waals surface area (Å²) in [7, 11) is 1.58. The van der Waals surface area contributed by atoms with Gasteiger partial charge < -0.3 is 34.9 Å². The lowest BCUT2D eigenvalue weighted by Gasteiger charge is -2.35. The number of unbranched alkanes of at least 4 members (excludes halogenated alkanes) is 1. The number of carbonyl (C=O) groups excluding carboxylic acids is 4. The number of methoxy groups -OCH3 is 1. The van der Waals surface area contributed by atoms with E-state index in [-0.39, 0.29) is 35.8 Å². The molecule has 0 heterocycles. The molecule has 2 aliphatic carbocycles. The SMILES string of the molecule is COCCC(=O)NCCCOCCOCCOCCCNC(=O)[C@H](CCCCNC(=O)CC(C)CCCC(C)CCC1=C(C)CCCC1(C)C)CC(=O)CC(C)CCCC(C)CCC1=C(C)CCCC1(C)C. The average molecular weight is 1010 g/mol. The number of carbonyl (C=O) groups is 4. The molecule has 3 N–H and O–H groups in total. The molecule has 72 heavy (non-hydrogen) atoms. The van der Waals surface area contributed by atoms with Gasteiger partial charge in [0.15, 0.2) is 0 Å². The summed E-state index contributed by atoms with van der Waals surface area (Å²) in [6, 6.07) is 0. The minimum Gasteiger partial charge on any atom is -0.384 e. The zero-order valence-electron chi connectivity index (χ0n) is 48.4. The fraction of sp³-hybridized carbons (Fsp3) is 0.869. The fourth-order valence-electron chi connectivity index (χ4n) is 11.3. The topological polar surface area (TPSA) is 141 Å². The quantitative estimate of drug-likeness (QED) is 0.0405. The van der Waals surface area contributed by atoms with Crippen molar-refractivity contribution in [2.75, 3.05) is 73.0 Å². The maximum Gasteiger partial charge on any atom is 0.223 e. The van der Waals surface area contributed by atoms with Crippen LogP contribution in [0, 0.1) is 40.4 Å². The highest BCUT2D eigenvalue weighted by Crippen LogP contribution is 2.44. The standard InChI is InChI=1S/C61H111N3O8/c1-47(27-29-55-51(5)24-16-32-60(55,7)8)20-14-22-49(3)44-54(65)46-53(59(68)64-36-19-38-71-41-43-72-42-40-70-37-18-35-62-57(66)31-39-69-11)26-12-13-34-63-58(67)45-50(4)23-15-21-48(2)28-30-56-52(6)25-17-33-61(56,9)10/h47-50,53H,12-46H2,1-11H3,(H,62,66)(H,63,67)(H,64,68)/t47?,48?,49?,50?,53-/m1/s1. The Morgan fingerprint density at radius 2 is 0.958 bits per heavy atom. The Kier molecular flexibility index (Phi) is 34.6. The Hall–Kier alpha value is -2.60. The van der Waals surface area contributed by atoms with E-state index in [4.69, 9.17) is 18.9 Å². The lowest BCUT2D eigenvalue weighted by atomic mass is 9.70. The molecule has 0 aromatic carbocycles. The van der Waals surface area contributed by atoms with Crippen molar-refractivity contribution in [3.63, 3.8) is 0 Å². The second-order valence-electron chi connectivity index (χ2n) is 24.0. The molecule has 0 aromatic heterocycles. The van der Waals surface area contributed by atoms with Gasteiger partial charge in [0.05, 0.1) is 33.0 Å². The fourth-order valence-corrected chi connectivity index (χ4v) is 11.3. The van der Waals surface area contributed by atoms with Crippen molar-refractivity contribution < 1.29 is 38.1 Å². The number of nitrogens with one attached hydrogen (secondary N) is 3. The van der Waals surface area contributed by atoms with Gasteiger partial charge in [-0.05, 0) is 138 Å². The van der Waals surface area contributed by atoms with Crippen molar-refractivity contribution in [3.8, 4) is 0 Å². The van der Waals surface area contributed by atoms with E-state index in [1.165, 1.54) is 77.0 Å². The maximum absolute atomic E-state index is 13.6. The highest BCUT2D eigenvalue weighted by Gasteiger charge is 2.30. The van der Waals surface area contributed by atoms with Crippen LogP contribution in [-0.2, 0) is 38.1 Å². The van der Waals surface area contributed by atoms with Crippen molar-refractivity contribution >= 4 is 23.5 Å². The number of amides is 3. The van der Waals surface area contributed by atoms with E-state index in [9.17, 15) is 19.2 Å². The first-order chi connectivity index (χ1) is 34.3. The molecule has 3 amide bonds. The summed E-state index contributed by atoms with van der Waals surface area (Å²) in [6.07, 6.45) is 24.8. The molecule has 0 aliphatic heterocycles. The Morgan fingerprint density at radius 1 is 0.500 bits per heavy atom. The summed E-state index contributed by atoms with van der Waals surface area (Å²) in [5.74, 6) is 1.84. The van der Waals surface area contributed by atoms with Crippen molar-refractivity contribution in [2.24, 2.45) is 40.4 Å². The molecule has 0 radical (unpaired) electrons. The predicted octanol–water partition coefficient (Wildman–Crippen LogP) is 13.2. The van der Waals surface area contributed by atoms with E-state index >= 15 is 0 Å². The lowest BCUT2D eigenvalue weighted by Crippen LogP contribution is -2.33. The monoisotopic (exact) mass is 1010 g/mol. The van der Waals surface area contributed by atoms with Crippen LogP contribution in [0.3, 0.4) is 0 Å². The number of ketones is 1. The maximum atomic E-state index is 13.6. The molecular weight excluding hydrogens is 903 g/mol. The molecule has 0 aromatic rings. The van der Waals surface area contributed by atoms with Crippen molar-refractivity contribution in [3.05, 3.63) is 22.3 Å². The van der Waals surface area contributed by atoms with Crippen LogP contribution in [0.25, 0.3) is 0 Å². The minimum atomic E-state index is -0.379. The van der Waals surface area contributed by atoms with Crippen LogP contribution in [-0.4, -0.2) is 96.5 Å². The van der Waals surface area contributed by atoms with Gasteiger partial charge >= 0.3 is 0 Å². The first kappa shape index (κ1) is 65.5. The number of hydrogen-bond donors (Lipinski definition) is 3. The molecule has 0 saturated heterocycles. The molecule has 4 unspecified atom stereocenters. The van der Waals surface area contributed by atoms with Gasteiger partial charge in [-0.3, -0.25) is 19.2 Å². The molecule has 11 nitrogen and oxygen atoms in total. The first-order valence-electron chi connectivity index (χ1n) is 29.3. The molecule has 11 heteroatoms. The van der Waals surface area contributed by atoms with Crippen LogP contribution >= 0.6 is 0 Å². The third-order valence-electron chi connectivity index (χ3n) is 16.0. The number of hydrogen-bond acceptors (Lipinski definition) is 8. The Bertz CT molecular complexity index is 1590. The predicted molar refractivity (Wildman–Crippen MR) is 297 cm³/mol. The second kappa shape index (κ2) is 38.0. The molecule has 0 saturated carbocycles. The van der Waals surface area contributed by atoms with Gasteiger partial charge in [-0.25, -0.2) is 0 Å². The summed E-state index contributed by atoms with van der Waals surface area (Å²) >= 11 is 0. The number of allylic oxidation sites excluding steroid dienone is 4. The van der Waals surface area contributed by atoms with Crippen molar-refractivity contribution in [1.82, 2.24) is 16.0 Å². The molecule has 2 aliphatic rings. The number of ether oxygens (including phenoxy) is 4. The van der Waals surface area contributed by atoms with Gasteiger partial charge in [-0.1, -0.05) is 123 Å². The van der Waals surface area contributed by atoms with E-state index in [0.29, 0.717) is 132 Å². The number of Topliss-reactive ketones (excluding diaryl/α,β-unsaturated/α-hetero) is 1. The van der Waals surface area contributed by atoms with Crippen LogP contribution in [0.2, 0.25) is 0 Å². The second-order valence-corrected chi connectivity index (χ2v) is 24.0. The van der Waals surface area contributed by atoms with E-state index in [1.54, 1.807) is 29.4 Å². The molecular formula is C61H111N3O8. The third kappa shape index (κ3) is 30.1. The van der Waals surface area contributed by atoms with Crippen LogP contribution in [0.4, 0.5) is 0 Å². The summed E-state index contributed by atoms with van der Waals surface area (Å²) in [5.41, 5.74) is 7.32. The lowest BCUT2D eigenvalue weighted by molar-refractivity contribution is -0.130. The van der Waals surface area contributed by atoms with Crippen LogP contribution < -0.4 is 16.0 Å². The van der Waals surface area contributed by atoms with Crippen LogP contribution in [0.5, 0.6) is 0 Å². The van der Waals surface area contributed by atoms with Crippen molar-refractivity contribution in [1.29, 1.82) is 0 Å². The third-order valence-corrected chi connectivity index (χ3v) is 16.0. The molecule has 0 fully saturated rings. The largest absolute Gasteiger partial charge is 0.384 e. The highest BCUT2D eigenvalue weighted by atomic mass is 16.5. The Morgan fingerprint density at radius 3 is 1.47 bits per heavy atom. The summed E-state index contributed by atoms with van der Waals surface area (Å²) in [6.45, 7) is 28.5. The van der Waals surface area contributed by atoms with Gasteiger partial charge in [-0.2, -0.15) is 0 Å². The van der Waals surface area contributed by atoms with E-state index in [1.807, 2.05) is 0 Å². The molecule has 5 atom stereocenters.